The highest BCUT2D eigenvalue weighted by Gasteiger charge is 2.10. The van der Waals surface area contributed by atoms with Gasteiger partial charge in [0.05, 0.1) is 13.0 Å². The molecule has 0 aliphatic carbocycles. The molecule has 0 aliphatic heterocycles. The van der Waals surface area contributed by atoms with Gasteiger partial charge in [-0.25, -0.2) is 0 Å². The van der Waals surface area contributed by atoms with Crippen molar-refractivity contribution >= 4 is 17.7 Å². The molecule has 0 fully saturated rings. The van der Waals surface area contributed by atoms with Gasteiger partial charge in [0.1, 0.15) is 5.75 Å². The van der Waals surface area contributed by atoms with Crippen molar-refractivity contribution < 1.29 is 19.1 Å². The Morgan fingerprint density at radius 3 is 2.03 bits per heavy atom. The summed E-state index contributed by atoms with van der Waals surface area (Å²) in [6, 6.07) is 26.3. The minimum absolute atomic E-state index is 0.176. The number of rotatable bonds is 8. The van der Waals surface area contributed by atoms with Crippen LogP contribution in [0.5, 0.6) is 5.75 Å². The summed E-state index contributed by atoms with van der Waals surface area (Å²) in [6.45, 7) is -0.520. The molecule has 0 unspecified atom stereocenters. The van der Waals surface area contributed by atoms with Crippen molar-refractivity contribution in [2.45, 2.75) is 6.42 Å². The molecule has 31 heavy (non-hydrogen) atoms. The number of nitrogens with one attached hydrogen (secondary N) is 3. The van der Waals surface area contributed by atoms with E-state index in [1.54, 1.807) is 6.07 Å². The Morgan fingerprint density at radius 1 is 0.677 bits per heavy atom. The predicted molar refractivity (Wildman–Crippen MR) is 117 cm³/mol. The van der Waals surface area contributed by atoms with E-state index in [0.29, 0.717) is 5.75 Å². The van der Waals surface area contributed by atoms with E-state index in [2.05, 4.69) is 16.2 Å². The normalized spacial score (nSPS) is 10.1. The van der Waals surface area contributed by atoms with Gasteiger partial charge in [-0.15, -0.1) is 0 Å². The van der Waals surface area contributed by atoms with E-state index in [1.807, 2.05) is 78.9 Å². The molecule has 0 aliphatic rings. The number of benzene rings is 3. The Balaban J connectivity index is 1.40. The summed E-state index contributed by atoms with van der Waals surface area (Å²) in [7, 11) is 0. The zero-order chi connectivity index (χ0) is 21.9. The maximum atomic E-state index is 12.0. The summed E-state index contributed by atoms with van der Waals surface area (Å²) in [6.07, 6.45) is 0.176. The first-order valence-corrected chi connectivity index (χ1v) is 9.77. The Hall–Kier alpha value is -4.13. The number of hydrazine groups is 1. The lowest BCUT2D eigenvalue weighted by Crippen LogP contribution is -2.47. The zero-order valence-corrected chi connectivity index (χ0v) is 16.8. The van der Waals surface area contributed by atoms with E-state index >= 15 is 0 Å². The van der Waals surface area contributed by atoms with Crippen molar-refractivity contribution in [3.8, 4) is 16.9 Å². The van der Waals surface area contributed by atoms with E-state index in [-0.39, 0.29) is 25.5 Å². The van der Waals surface area contributed by atoms with Crippen molar-refractivity contribution in [3.63, 3.8) is 0 Å². The highest BCUT2D eigenvalue weighted by Crippen LogP contribution is 2.29. The van der Waals surface area contributed by atoms with Gasteiger partial charge in [-0.1, -0.05) is 78.9 Å². The molecular weight excluding hydrogens is 394 g/mol. The van der Waals surface area contributed by atoms with Crippen LogP contribution in [0.25, 0.3) is 11.1 Å². The van der Waals surface area contributed by atoms with Crippen LogP contribution >= 0.6 is 0 Å². The molecule has 3 N–H and O–H groups in total. The van der Waals surface area contributed by atoms with Crippen LogP contribution in [-0.4, -0.2) is 30.9 Å². The van der Waals surface area contributed by atoms with Gasteiger partial charge in [0, 0.05) is 5.56 Å². The number of ether oxygens (including phenoxy) is 1. The van der Waals surface area contributed by atoms with E-state index < -0.39 is 11.8 Å². The molecule has 0 saturated heterocycles. The average molecular weight is 417 g/mol. The van der Waals surface area contributed by atoms with Crippen molar-refractivity contribution in [2.24, 2.45) is 0 Å². The Labute approximate surface area is 180 Å². The molecule has 0 atom stereocenters. The molecule has 3 amide bonds. The zero-order valence-electron chi connectivity index (χ0n) is 16.8. The molecule has 0 saturated carbocycles. The maximum absolute atomic E-state index is 12.0. The largest absolute Gasteiger partial charge is 0.483 e. The van der Waals surface area contributed by atoms with Gasteiger partial charge in [0.15, 0.2) is 6.61 Å². The van der Waals surface area contributed by atoms with Gasteiger partial charge in [-0.2, -0.15) is 0 Å². The summed E-state index contributed by atoms with van der Waals surface area (Å²) in [4.78, 5) is 35.7. The summed E-state index contributed by atoms with van der Waals surface area (Å²) >= 11 is 0. The van der Waals surface area contributed by atoms with E-state index in [4.69, 9.17) is 4.74 Å². The third kappa shape index (κ3) is 7.01. The van der Waals surface area contributed by atoms with Crippen LogP contribution in [0.3, 0.4) is 0 Å². The average Bonchev–Trinajstić information content (AvgIpc) is 2.81. The summed E-state index contributed by atoms with van der Waals surface area (Å²) in [5.41, 5.74) is 7.20. The summed E-state index contributed by atoms with van der Waals surface area (Å²) < 4.78 is 5.62. The molecule has 0 spiro atoms. The molecule has 158 valence electrons. The molecule has 0 radical (unpaired) electrons. The molecule has 0 aromatic heterocycles. The number of hydrogen-bond acceptors (Lipinski definition) is 4. The quantitative estimate of drug-likeness (QED) is 0.490. The van der Waals surface area contributed by atoms with Crippen LogP contribution in [0.4, 0.5) is 0 Å². The smallest absolute Gasteiger partial charge is 0.276 e. The lowest BCUT2D eigenvalue weighted by atomic mass is 10.1. The fourth-order valence-corrected chi connectivity index (χ4v) is 2.83. The number of hydrogen-bond donors (Lipinski definition) is 3. The van der Waals surface area contributed by atoms with Crippen molar-refractivity contribution in [1.82, 2.24) is 16.2 Å². The fourth-order valence-electron chi connectivity index (χ4n) is 2.83. The van der Waals surface area contributed by atoms with E-state index in [9.17, 15) is 14.4 Å². The van der Waals surface area contributed by atoms with Crippen molar-refractivity contribution in [3.05, 3.63) is 90.5 Å². The Kier molecular flexibility index (Phi) is 7.77. The fraction of sp³-hybridized carbons (Fsp3) is 0.125. The van der Waals surface area contributed by atoms with Crippen LogP contribution < -0.4 is 20.9 Å². The second-order valence-electron chi connectivity index (χ2n) is 6.69. The Bertz CT molecular complexity index is 1020. The standard InChI is InChI=1S/C24H23N3O4/c28-22(15-18-9-3-1-4-10-18)25-16-23(29)26-27-24(30)17-31-21-14-8-7-13-20(21)19-11-5-2-6-12-19/h1-14H,15-17H2,(H,25,28)(H,26,29)(H,27,30). The first-order valence-electron chi connectivity index (χ1n) is 9.77. The van der Waals surface area contributed by atoms with Gasteiger partial charge in [0.25, 0.3) is 11.8 Å². The number of carbonyl (C=O) groups excluding carboxylic acids is 3. The minimum atomic E-state index is -0.542. The number of amides is 3. The molecule has 0 bridgehead atoms. The van der Waals surface area contributed by atoms with Gasteiger partial charge in [-0.05, 0) is 17.2 Å². The lowest BCUT2D eigenvalue weighted by Gasteiger charge is -2.12. The van der Waals surface area contributed by atoms with Gasteiger partial charge >= 0.3 is 0 Å². The molecule has 7 heteroatoms. The number of carbonyl (C=O) groups is 3. The molecule has 3 aromatic rings. The van der Waals surface area contributed by atoms with Gasteiger partial charge in [0.2, 0.25) is 5.91 Å². The topological polar surface area (TPSA) is 96.5 Å². The highest BCUT2D eigenvalue weighted by atomic mass is 16.5. The van der Waals surface area contributed by atoms with Crippen LogP contribution in [0.1, 0.15) is 5.56 Å². The second kappa shape index (κ2) is 11.2. The minimum Gasteiger partial charge on any atom is -0.483 e. The van der Waals surface area contributed by atoms with Crippen LogP contribution in [0.15, 0.2) is 84.9 Å². The van der Waals surface area contributed by atoms with E-state index in [1.165, 1.54) is 0 Å². The first kappa shape index (κ1) is 21.6. The monoisotopic (exact) mass is 417 g/mol. The van der Waals surface area contributed by atoms with Crippen molar-refractivity contribution in [2.75, 3.05) is 13.2 Å². The third-order valence-electron chi connectivity index (χ3n) is 4.33. The molecule has 3 rings (SSSR count). The first-order chi connectivity index (χ1) is 15.1. The van der Waals surface area contributed by atoms with Gasteiger partial charge < -0.3 is 10.1 Å². The SMILES string of the molecule is O=C(Cc1ccccc1)NCC(=O)NNC(=O)COc1ccccc1-c1ccccc1. The maximum Gasteiger partial charge on any atom is 0.276 e. The van der Waals surface area contributed by atoms with Gasteiger partial charge in [-0.3, -0.25) is 25.2 Å². The second-order valence-corrected chi connectivity index (χ2v) is 6.69. The summed E-state index contributed by atoms with van der Waals surface area (Å²) in [5.74, 6) is -0.789. The van der Waals surface area contributed by atoms with E-state index in [0.717, 1.165) is 16.7 Å². The Morgan fingerprint density at radius 2 is 1.29 bits per heavy atom. The van der Waals surface area contributed by atoms with Crippen LogP contribution in [0.2, 0.25) is 0 Å². The lowest BCUT2D eigenvalue weighted by molar-refractivity contribution is -0.130. The number of para-hydroxylation sites is 1. The molecule has 3 aromatic carbocycles. The third-order valence-corrected chi connectivity index (χ3v) is 4.33. The summed E-state index contributed by atoms with van der Waals surface area (Å²) in [5, 5.41) is 2.50. The predicted octanol–water partition coefficient (Wildman–Crippen LogP) is 2.24. The molecular formula is C24H23N3O4. The highest BCUT2D eigenvalue weighted by molar-refractivity contribution is 5.87. The molecule has 7 nitrogen and oxygen atoms in total. The van der Waals surface area contributed by atoms with Crippen LogP contribution in [-0.2, 0) is 20.8 Å². The molecule has 0 heterocycles. The van der Waals surface area contributed by atoms with Crippen molar-refractivity contribution in [1.29, 1.82) is 0 Å². The van der Waals surface area contributed by atoms with Crippen LogP contribution in [0, 0.1) is 0 Å².